The Morgan fingerprint density at radius 1 is 1.47 bits per heavy atom. The Labute approximate surface area is 113 Å². The minimum Gasteiger partial charge on any atom is -0.491 e. The highest BCUT2D eigenvalue weighted by Crippen LogP contribution is 2.23. The molecule has 3 N–H and O–H groups in total. The molecule has 0 aromatic heterocycles. The van der Waals surface area contributed by atoms with Gasteiger partial charge >= 0.3 is 0 Å². The van der Waals surface area contributed by atoms with Crippen LogP contribution in [-0.2, 0) is 4.79 Å². The summed E-state index contributed by atoms with van der Waals surface area (Å²) in [6.07, 6.45) is 0. The van der Waals surface area contributed by atoms with Crippen LogP contribution in [0.4, 0.5) is 10.1 Å². The first-order valence-corrected chi connectivity index (χ1v) is 6.24. The van der Waals surface area contributed by atoms with Crippen molar-refractivity contribution in [2.75, 3.05) is 11.9 Å². The summed E-state index contributed by atoms with van der Waals surface area (Å²) < 4.78 is 18.7. The summed E-state index contributed by atoms with van der Waals surface area (Å²) in [5, 5.41) is 2.60. The van der Waals surface area contributed by atoms with Crippen LogP contribution in [0.25, 0.3) is 0 Å². The van der Waals surface area contributed by atoms with Gasteiger partial charge in [0.1, 0.15) is 0 Å². The van der Waals surface area contributed by atoms with Gasteiger partial charge < -0.3 is 15.8 Å². The van der Waals surface area contributed by atoms with Crippen LogP contribution in [-0.4, -0.2) is 18.6 Å². The number of anilines is 1. The van der Waals surface area contributed by atoms with E-state index in [1.54, 1.807) is 13.0 Å². The maximum atomic E-state index is 13.6. The number of carbonyl (C=O) groups is 1. The molecule has 0 heterocycles. The van der Waals surface area contributed by atoms with E-state index in [0.717, 1.165) is 0 Å². The van der Waals surface area contributed by atoms with Crippen molar-refractivity contribution in [2.24, 2.45) is 11.1 Å². The number of nitrogens with two attached hydrogens (primary N) is 1. The lowest BCUT2D eigenvalue weighted by Gasteiger charge is -2.25. The van der Waals surface area contributed by atoms with Crippen molar-refractivity contribution >= 4 is 11.6 Å². The normalized spacial score (nSPS) is 12.9. The van der Waals surface area contributed by atoms with Gasteiger partial charge in [-0.15, -0.1) is 0 Å². The standard InChI is InChI=1S/C14H21FN2O2/c1-5-19-11-7-6-9(8-10(11)15)17-13(18)12(16)14(2,3)4/h6-8,12H,5,16H2,1-4H3,(H,17,18)/t12-/m1/s1. The SMILES string of the molecule is CCOc1ccc(NC(=O)[C@@H](N)C(C)(C)C)cc1F. The summed E-state index contributed by atoms with van der Waals surface area (Å²) in [5.74, 6) is -0.680. The molecule has 1 aromatic rings. The molecule has 0 unspecified atom stereocenters. The van der Waals surface area contributed by atoms with E-state index in [1.165, 1.54) is 12.1 Å². The largest absolute Gasteiger partial charge is 0.491 e. The predicted molar refractivity (Wildman–Crippen MR) is 73.6 cm³/mol. The maximum absolute atomic E-state index is 13.6. The summed E-state index contributed by atoms with van der Waals surface area (Å²) in [7, 11) is 0. The zero-order chi connectivity index (χ0) is 14.6. The number of carbonyl (C=O) groups excluding carboxylic acids is 1. The lowest BCUT2D eigenvalue weighted by atomic mass is 9.87. The molecule has 0 fully saturated rings. The van der Waals surface area contributed by atoms with Crippen LogP contribution in [0, 0.1) is 11.2 Å². The Kier molecular flexibility index (Phi) is 4.89. The number of benzene rings is 1. The van der Waals surface area contributed by atoms with Gasteiger partial charge in [0.25, 0.3) is 0 Å². The Morgan fingerprint density at radius 2 is 2.11 bits per heavy atom. The Hall–Kier alpha value is -1.62. The third-order valence-corrected chi connectivity index (χ3v) is 2.71. The molecule has 0 aliphatic carbocycles. The van der Waals surface area contributed by atoms with Crippen molar-refractivity contribution in [1.29, 1.82) is 0 Å². The molecule has 106 valence electrons. The number of nitrogens with one attached hydrogen (secondary N) is 1. The molecule has 1 atom stereocenters. The number of hydrogen-bond donors (Lipinski definition) is 2. The second kappa shape index (κ2) is 6.02. The molecule has 0 saturated heterocycles. The fourth-order valence-electron chi connectivity index (χ4n) is 1.46. The van der Waals surface area contributed by atoms with E-state index < -0.39 is 11.9 Å². The molecular weight excluding hydrogens is 247 g/mol. The van der Waals surface area contributed by atoms with E-state index in [9.17, 15) is 9.18 Å². The first-order valence-electron chi connectivity index (χ1n) is 6.24. The minimum absolute atomic E-state index is 0.167. The lowest BCUT2D eigenvalue weighted by molar-refractivity contribution is -0.119. The first-order chi connectivity index (χ1) is 8.75. The highest BCUT2D eigenvalue weighted by Gasteiger charge is 2.27. The molecule has 0 saturated carbocycles. The van der Waals surface area contributed by atoms with Crippen LogP contribution < -0.4 is 15.8 Å². The molecule has 0 spiro atoms. The van der Waals surface area contributed by atoms with Crippen LogP contribution in [0.2, 0.25) is 0 Å². The van der Waals surface area contributed by atoms with Crippen molar-refractivity contribution in [3.8, 4) is 5.75 Å². The molecule has 5 heteroatoms. The molecule has 1 amide bonds. The van der Waals surface area contributed by atoms with Gasteiger partial charge in [0, 0.05) is 11.8 Å². The number of ether oxygens (including phenoxy) is 1. The zero-order valence-corrected chi connectivity index (χ0v) is 11.8. The first kappa shape index (κ1) is 15.4. The Balaban J connectivity index is 2.78. The lowest BCUT2D eigenvalue weighted by Crippen LogP contribution is -2.45. The summed E-state index contributed by atoms with van der Waals surface area (Å²) >= 11 is 0. The van der Waals surface area contributed by atoms with Gasteiger partial charge in [-0.25, -0.2) is 4.39 Å². The monoisotopic (exact) mass is 268 g/mol. The Bertz CT molecular complexity index is 455. The highest BCUT2D eigenvalue weighted by molar-refractivity contribution is 5.95. The summed E-state index contributed by atoms with van der Waals surface area (Å²) in [6.45, 7) is 7.77. The third kappa shape index (κ3) is 4.21. The fraction of sp³-hybridized carbons (Fsp3) is 0.500. The van der Waals surface area contributed by atoms with Crippen molar-refractivity contribution in [2.45, 2.75) is 33.7 Å². The number of hydrogen-bond acceptors (Lipinski definition) is 3. The fourth-order valence-corrected chi connectivity index (χ4v) is 1.46. The van der Waals surface area contributed by atoms with Crippen LogP contribution >= 0.6 is 0 Å². The van der Waals surface area contributed by atoms with Gasteiger partial charge in [-0.05, 0) is 24.5 Å². The zero-order valence-electron chi connectivity index (χ0n) is 11.8. The van der Waals surface area contributed by atoms with Crippen LogP contribution in [0.5, 0.6) is 5.75 Å². The van der Waals surface area contributed by atoms with E-state index >= 15 is 0 Å². The van der Waals surface area contributed by atoms with Crippen molar-refractivity contribution in [3.05, 3.63) is 24.0 Å². The summed E-state index contributed by atoms with van der Waals surface area (Å²) in [6, 6.07) is 3.62. The second-order valence-corrected chi connectivity index (χ2v) is 5.41. The van der Waals surface area contributed by atoms with Gasteiger partial charge in [-0.3, -0.25) is 4.79 Å². The van der Waals surface area contributed by atoms with Gasteiger partial charge in [0.05, 0.1) is 12.6 Å². The van der Waals surface area contributed by atoms with Gasteiger partial charge in [0.2, 0.25) is 5.91 Å². The topological polar surface area (TPSA) is 64.3 Å². The van der Waals surface area contributed by atoms with E-state index in [2.05, 4.69) is 5.32 Å². The second-order valence-electron chi connectivity index (χ2n) is 5.41. The highest BCUT2D eigenvalue weighted by atomic mass is 19.1. The van der Waals surface area contributed by atoms with E-state index in [4.69, 9.17) is 10.5 Å². The number of rotatable bonds is 4. The molecule has 0 bridgehead atoms. The smallest absolute Gasteiger partial charge is 0.241 e. The molecule has 19 heavy (non-hydrogen) atoms. The Morgan fingerprint density at radius 3 is 2.58 bits per heavy atom. The summed E-state index contributed by atoms with van der Waals surface area (Å²) in [5.41, 5.74) is 5.84. The number of halogens is 1. The minimum atomic E-state index is -0.665. The molecule has 0 aliphatic heterocycles. The van der Waals surface area contributed by atoms with Crippen LogP contribution in [0.1, 0.15) is 27.7 Å². The molecule has 1 aromatic carbocycles. The third-order valence-electron chi connectivity index (χ3n) is 2.71. The van der Waals surface area contributed by atoms with Gasteiger partial charge in [-0.2, -0.15) is 0 Å². The average molecular weight is 268 g/mol. The number of amides is 1. The van der Waals surface area contributed by atoms with Crippen molar-refractivity contribution < 1.29 is 13.9 Å². The molecular formula is C14H21FN2O2. The molecule has 1 rings (SSSR count). The molecule has 4 nitrogen and oxygen atoms in total. The molecule has 0 aliphatic rings. The van der Waals surface area contributed by atoms with Crippen molar-refractivity contribution in [1.82, 2.24) is 0 Å². The van der Waals surface area contributed by atoms with E-state index in [1.807, 2.05) is 20.8 Å². The quantitative estimate of drug-likeness (QED) is 0.882. The van der Waals surface area contributed by atoms with Crippen LogP contribution in [0.3, 0.4) is 0 Å². The van der Waals surface area contributed by atoms with Gasteiger partial charge in [0.15, 0.2) is 11.6 Å². The van der Waals surface area contributed by atoms with Gasteiger partial charge in [-0.1, -0.05) is 20.8 Å². The predicted octanol–water partition coefficient (Wildman–Crippen LogP) is 2.54. The van der Waals surface area contributed by atoms with Crippen molar-refractivity contribution in [3.63, 3.8) is 0 Å². The van der Waals surface area contributed by atoms with E-state index in [0.29, 0.717) is 12.3 Å². The average Bonchev–Trinajstić information content (AvgIpc) is 2.30. The van der Waals surface area contributed by atoms with Crippen LogP contribution in [0.15, 0.2) is 18.2 Å². The molecule has 0 radical (unpaired) electrons. The summed E-state index contributed by atoms with van der Waals surface area (Å²) in [4.78, 5) is 11.9. The maximum Gasteiger partial charge on any atom is 0.241 e. The van der Waals surface area contributed by atoms with E-state index in [-0.39, 0.29) is 17.1 Å².